The number of nitrogens with zero attached hydrogens (tertiary/aromatic N) is 3. The summed E-state index contributed by atoms with van der Waals surface area (Å²) in [5, 5.41) is 4.99. The molecule has 0 saturated heterocycles. The molecule has 1 fully saturated rings. The maximum absolute atomic E-state index is 6.02. The minimum atomic E-state index is 0.524. The molecule has 21 heavy (non-hydrogen) atoms. The SMILES string of the molecule is NCC1CCCc2c1c(C1CC1)nn2Cc1ccncc1. The molecule has 1 unspecified atom stereocenters. The molecule has 4 heteroatoms. The van der Waals surface area contributed by atoms with Crippen LogP contribution in [-0.2, 0) is 13.0 Å². The number of aromatic nitrogens is 3. The molecule has 0 aromatic carbocycles. The van der Waals surface area contributed by atoms with Crippen LogP contribution in [0.3, 0.4) is 0 Å². The van der Waals surface area contributed by atoms with E-state index >= 15 is 0 Å². The van der Waals surface area contributed by atoms with Gasteiger partial charge in [-0.25, -0.2) is 0 Å². The van der Waals surface area contributed by atoms with Crippen LogP contribution in [0.1, 0.15) is 60.0 Å². The monoisotopic (exact) mass is 282 g/mol. The summed E-state index contributed by atoms with van der Waals surface area (Å²) in [4.78, 5) is 4.10. The van der Waals surface area contributed by atoms with Crippen LogP contribution in [0.15, 0.2) is 24.5 Å². The van der Waals surface area contributed by atoms with Gasteiger partial charge in [-0.3, -0.25) is 9.67 Å². The van der Waals surface area contributed by atoms with Gasteiger partial charge in [0.1, 0.15) is 0 Å². The van der Waals surface area contributed by atoms with Crippen LogP contribution in [0.4, 0.5) is 0 Å². The predicted octanol–water partition coefficient (Wildman–Crippen LogP) is 2.58. The third-order valence-corrected chi connectivity index (χ3v) is 4.83. The molecule has 1 atom stereocenters. The zero-order chi connectivity index (χ0) is 14.2. The number of hydrogen-bond donors (Lipinski definition) is 1. The minimum absolute atomic E-state index is 0.524. The van der Waals surface area contributed by atoms with Crippen LogP contribution in [-0.4, -0.2) is 21.3 Å². The van der Waals surface area contributed by atoms with E-state index in [2.05, 4.69) is 21.8 Å². The van der Waals surface area contributed by atoms with Crippen molar-refractivity contribution in [3.63, 3.8) is 0 Å². The van der Waals surface area contributed by atoms with Crippen LogP contribution < -0.4 is 5.73 Å². The average molecular weight is 282 g/mol. The van der Waals surface area contributed by atoms with Gasteiger partial charge in [0, 0.05) is 29.6 Å². The van der Waals surface area contributed by atoms with E-state index < -0.39 is 0 Å². The van der Waals surface area contributed by atoms with Crippen molar-refractivity contribution in [2.75, 3.05) is 6.54 Å². The fourth-order valence-electron chi connectivity index (χ4n) is 3.59. The second-order valence-electron chi connectivity index (χ2n) is 6.36. The summed E-state index contributed by atoms with van der Waals surface area (Å²) in [6.45, 7) is 1.61. The van der Waals surface area contributed by atoms with Crippen molar-refractivity contribution in [3.05, 3.63) is 47.0 Å². The average Bonchev–Trinajstić information content (AvgIpc) is 3.31. The van der Waals surface area contributed by atoms with Gasteiger partial charge < -0.3 is 5.73 Å². The van der Waals surface area contributed by atoms with Crippen LogP contribution in [0.2, 0.25) is 0 Å². The Morgan fingerprint density at radius 1 is 1.19 bits per heavy atom. The maximum atomic E-state index is 6.02. The van der Waals surface area contributed by atoms with Crippen LogP contribution in [0, 0.1) is 0 Å². The van der Waals surface area contributed by atoms with Crippen molar-refractivity contribution in [2.45, 2.75) is 50.5 Å². The third kappa shape index (κ3) is 2.38. The number of hydrogen-bond acceptors (Lipinski definition) is 3. The van der Waals surface area contributed by atoms with Crippen LogP contribution >= 0.6 is 0 Å². The van der Waals surface area contributed by atoms with Crippen molar-refractivity contribution in [1.82, 2.24) is 14.8 Å². The first-order valence-electron chi connectivity index (χ1n) is 8.05. The van der Waals surface area contributed by atoms with E-state index in [1.807, 2.05) is 12.4 Å². The molecule has 2 aromatic rings. The summed E-state index contributed by atoms with van der Waals surface area (Å²) in [6.07, 6.45) is 9.93. The number of pyridine rings is 1. The van der Waals surface area contributed by atoms with Crippen molar-refractivity contribution in [2.24, 2.45) is 5.73 Å². The second-order valence-corrected chi connectivity index (χ2v) is 6.36. The van der Waals surface area contributed by atoms with E-state index in [0.717, 1.165) is 19.5 Å². The highest BCUT2D eigenvalue weighted by molar-refractivity contribution is 5.37. The van der Waals surface area contributed by atoms with Gasteiger partial charge in [0.05, 0.1) is 12.2 Å². The number of fused-ring (bicyclic) bond motifs is 1. The molecule has 4 rings (SSSR count). The Hall–Kier alpha value is -1.68. The molecule has 4 nitrogen and oxygen atoms in total. The summed E-state index contributed by atoms with van der Waals surface area (Å²) in [5.41, 5.74) is 11.6. The highest BCUT2D eigenvalue weighted by Gasteiger charge is 2.35. The van der Waals surface area contributed by atoms with Gasteiger partial charge in [0.2, 0.25) is 0 Å². The van der Waals surface area contributed by atoms with Gasteiger partial charge in [-0.15, -0.1) is 0 Å². The second kappa shape index (κ2) is 5.26. The lowest BCUT2D eigenvalue weighted by atomic mass is 9.84. The molecule has 1 saturated carbocycles. The Balaban J connectivity index is 1.74. The van der Waals surface area contributed by atoms with E-state index in [-0.39, 0.29) is 0 Å². The topological polar surface area (TPSA) is 56.7 Å². The Kier molecular flexibility index (Phi) is 3.26. The van der Waals surface area contributed by atoms with E-state index in [4.69, 9.17) is 10.8 Å². The standard InChI is InChI=1S/C17H22N4/c18-10-14-2-1-3-15-16(14)17(13-4-5-13)20-21(15)11-12-6-8-19-9-7-12/h6-9,13-14H,1-5,10-11,18H2. The Labute approximate surface area is 125 Å². The minimum Gasteiger partial charge on any atom is -0.330 e. The third-order valence-electron chi connectivity index (χ3n) is 4.83. The summed E-state index contributed by atoms with van der Waals surface area (Å²) in [5.74, 6) is 1.22. The predicted molar refractivity (Wildman–Crippen MR) is 82.3 cm³/mol. The summed E-state index contributed by atoms with van der Waals surface area (Å²) < 4.78 is 2.24. The van der Waals surface area contributed by atoms with Crippen LogP contribution in [0.25, 0.3) is 0 Å². The molecule has 2 aliphatic carbocycles. The first kappa shape index (κ1) is 13.0. The fourth-order valence-corrected chi connectivity index (χ4v) is 3.59. The van der Waals surface area contributed by atoms with Gasteiger partial charge in [0.15, 0.2) is 0 Å². The van der Waals surface area contributed by atoms with Gasteiger partial charge in [-0.2, -0.15) is 5.10 Å². The molecule has 0 radical (unpaired) electrons. The van der Waals surface area contributed by atoms with Crippen molar-refractivity contribution < 1.29 is 0 Å². The first-order valence-corrected chi connectivity index (χ1v) is 8.05. The molecule has 2 heterocycles. The summed E-state index contributed by atoms with van der Waals surface area (Å²) in [6, 6.07) is 4.15. The molecule has 0 spiro atoms. The molecule has 0 bridgehead atoms. The summed E-state index contributed by atoms with van der Waals surface area (Å²) in [7, 11) is 0. The Bertz CT molecular complexity index is 628. The molecule has 2 aliphatic rings. The normalized spacial score (nSPS) is 21.3. The molecule has 0 aliphatic heterocycles. The fraction of sp³-hybridized carbons (Fsp3) is 0.529. The molecule has 2 aromatic heterocycles. The largest absolute Gasteiger partial charge is 0.330 e. The zero-order valence-electron chi connectivity index (χ0n) is 12.3. The molecule has 2 N–H and O–H groups in total. The quantitative estimate of drug-likeness (QED) is 0.937. The van der Waals surface area contributed by atoms with Gasteiger partial charge >= 0.3 is 0 Å². The molecular weight excluding hydrogens is 260 g/mol. The Morgan fingerprint density at radius 3 is 2.71 bits per heavy atom. The highest BCUT2D eigenvalue weighted by Crippen LogP contribution is 2.45. The van der Waals surface area contributed by atoms with Crippen LogP contribution in [0.5, 0.6) is 0 Å². The zero-order valence-corrected chi connectivity index (χ0v) is 12.3. The smallest absolute Gasteiger partial charge is 0.0693 e. The Morgan fingerprint density at radius 2 is 2.00 bits per heavy atom. The molecule has 110 valence electrons. The summed E-state index contributed by atoms with van der Waals surface area (Å²) >= 11 is 0. The lowest BCUT2D eigenvalue weighted by molar-refractivity contribution is 0.531. The molecule has 0 amide bonds. The first-order chi connectivity index (χ1) is 10.4. The van der Waals surface area contributed by atoms with E-state index in [9.17, 15) is 0 Å². The molecular formula is C17H22N4. The number of rotatable bonds is 4. The number of nitrogens with two attached hydrogens (primary N) is 1. The van der Waals surface area contributed by atoms with E-state index in [1.165, 1.54) is 48.2 Å². The van der Waals surface area contributed by atoms with E-state index in [1.54, 1.807) is 0 Å². The van der Waals surface area contributed by atoms with Crippen molar-refractivity contribution in [3.8, 4) is 0 Å². The lowest BCUT2D eigenvalue weighted by Crippen LogP contribution is -2.20. The van der Waals surface area contributed by atoms with Crippen molar-refractivity contribution in [1.29, 1.82) is 0 Å². The highest BCUT2D eigenvalue weighted by atomic mass is 15.3. The lowest BCUT2D eigenvalue weighted by Gasteiger charge is -2.23. The van der Waals surface area contributed by atoms with Crippen molar-refractivity contribution >= 4 is 0 Å². The van der Waals surface area contributed by atoms with Gasteiger partial charge in [-0.05, 0) is 62.3 Å². The van der Waals surface area contributed by atoms with Gasteiger partial charge in [-0.1, -0.05) is 0 Å². The van der Waals surface area contributed by atoms with Gasteiger partial charge in [0.25, 0.3) is 0 Å². The van der Waals surface area contributed by atoms with E-state index in [0.29, 0.717) is 11.8 Å². The maximum Gasteiger partial charge on any atom is 0.0693 e.